The molecule has 0 bridgehead atoms. The highest BCUT2D eigenvalue weighted by Crippen LogP contribution is 2.24. The van der Waals surface area contributed by atoms with E-state index in [9.17, 15) is 13.2 Å². The average molecular weight is 332 g/mol. The van der Waals surface area contributed by atoms with Crippen molar-refractivity contribution in [1.82, 2.24) is 4.98 Å². The van der Waals surface area contributed by atoms with Gasteiger partial charge in [0.15, 0.2) is 9.84 Å². The Kier molecular flexibility index (Phi) is 4.12. The number of aromatic carboxylic acids is 1. The van der Waals surface area contributed by atoms with Gasteiger partial charge in [-0.15, -0.1) is 11.3 Å². The van der Waals surface area contributed by atoms with Gasteiger partial charge in [-0.2, -0.15) is 0 Å². The van der Waals surface area contributed by atoms with Crippen LogP contribution in [0.1, 0.15) is 21.1 Å². The molecule has 20 heavy (non-hydrogen) atoms. The highest BCUT2D eigenvalue weighted by atomic mass is 35.5. The number of sulfone groups is 1. The minimum atomic E-state index is -3.60. The van der Waals surface area contributed by atoms with Gasteiger partial charge in [-0.1, -0.05) is 11.6 Å². The van der Waals surface area contributed by atoms with Gasteiger partial charge in [0.1, 0.15) is 0 Å². The first-order valence-electron chi connectivity index (χ1n) is 5.46. The number of rotatable bonds is 4. The SMILES string of the molecule is Cc1nc(CS(=O)(=O)c2ccc(C(=O)O)c(Cl)c2)cs1. The summed E-state index contributed by atoms with van der Waals surface area (Å²) in [6, 6.07) is 3.58. The maximum Gasteiger partial charge on any atom is 0.337 e. The van der Waals surface area contributed by atoms with Crippen molar-refractivity contribution in [3.8, 4) is 0 Å². The Labute approximate surface area is 124 Å². The lowest BCUT2D eigenvalue weighted by atomic mass is 10.2. The monoisotopic (exact) mass is 331 g/mol. The fourth-order valence-corrected chi connectivity index (χ4v) is 3.94. The van der Waals surface area contributed by atoms with E-state index in [1.807, 2.05) is 0 Å². The van der Waals surface area contributed by atoms with Crippen LogP contribution in [-0.2, 0) is 15.6 Å². The molecule has 0 spiro atoms. The van der Waals surface area contributed by atoms with Crippen LogP contribution in [0.4, 0.5) is 0 Å². The van der Waals surface area contributed by atoms with Crippen molar-refractivity contribution in [3.63, 3.8) is 0 Å². The lowest BCUT2D eigenvalue weighted by Crippen LogP contribution is -2.07. The van der Waals surface area contributed by atoms with Gasteiger partial charge in [-0.25, -0.2) is 18.2 Å². The van der Waals surface area contributed by atoms with E-state index in [4.69, 9.17) is 16.7 Å². The van der Waals surface area contributed by atoms with Crippen molar-refractivity contribution in [2.24, 2.45) is 0 Å². The number of nitrogens with zero attached hydrogens (tertiary/aromatic N) is 1. The first-order chi connectivity index (χ1) is 9.29. The van der Waals surface area contributed by atoms with Crippen LogP contribution in [0.2, 0.25) is 5.02 Å². The Balaban J connectivity index is 2.35. The van der Waals surface area contributed by atoms with Crippen LogP contribution >= 0.6 is 22.9 Å². The van der Waals surface area contributed by atoms with Gasteiger partial charge in [0.05, 0.1) is 31.9 Å². The zero-order valence-corrected chi connectivity index (χ0v) is 12.7. The maximum atomic E-state index is 12.2. The molecule has 0 saturated carbocycles. The van der Waals surface area contributed by atoms with Crippen LogP contribution in [-0.4, -0.2) is 24.5 Å². The van der Waals surface area contributed by atoms with Gasteiger partial charge in [-0.3, -0.25) is 0 Å². The summed E-state index contributed by atoms with van der Waals surface area (Å²) >= 11 is 7.15. The van der Waals surface area contributed by atoms with Crippen molar-refractivity contribution in [2.45, 2.75) is 17.6 Å². The Bertz CT molecular complexity index is 768. The number of thiazole rings is 1. The van der Waals surface area contributed by atoms with E-state index in [2.05, 4.69) is 4.98 Å². The smallest absolute Gasteiger partial charge is 0.337 e. The molecule has 0 aliphatic carbocycles. The molecule has 1 N–H and O–H groups in total. The molecule has 0 aliphatic heterocycles. The number of benzene rings is 1. The second-order valence-corrected chi connectivity index (χ2v) is 7.52. The standard InChI is InChI=1S/C12H10ClNO4S2/c1-7-14-8(5-19-7)6-20(17,18)9-2-3-10(12(15)16)11(13)4-9/h2-5H,6H2,1H3,(H,15,16). The second kappa shape index (κ2) is 5.51. The molecule has 2 rings (SSSR count). The summed E-state index contributed by atoms with van der Waals surface area (Å²) in [6.45, 7) is 1.79. The number of carboxylic acids is 1. The van der Waals surface area contributed by atoms with Crippen molar-refractivity contribution in [3.05, 3.63) is 44.9 Å². The van der Waals surface area contributed by atoms with E-state index in [0.717, 1.165) is 11.1 Å². The number of hydrogen-bond donors (Lipinski definition) is 1. The summed E-state index contributed by atoms with van der Waals surface area (Å²) in [7, 11) is -3.60. The number of aryl methyl sites for hydroxylation is 1. The molecule has 2 aromatic rings. The Morgan fingerprint density at radius 1 is 1.45 bits per heavy atom. The highest BCUT2D eigenvalue weighted by Gasteiger charge is 2.19. The third-order valence-corrected chi connectivity index (χ3v) is 5.32. The van der Waals surface area contributed by atoms with Gasteiger partial charge in [-0.05, 0) is 25.1 Å². The Hall–Kier alpha value is -1.44. The van der Waals surface area contributed by atoms with Crippen molar-refractivity contribution < 1.29 is 18.3 Å². The van der Waals surface area contributed by atoms with Crippen LogP contribution in [0.25, 0.3) is 0 Å². The summed E-state index contributed by atoms with van der Waals surface area (Å²) in [6.07, 6.45) is 0. The van der Waals surface area contributed by atoms with Crippen LogP contribution in [0.3, 0.4) is 0 Å². The third kappa shape index (κ3) is 3.17. The van der Waals surface area contributed by atoms with Gasteiger partial charge >= 0.3 is 5.97 Å². The number of carboxylic acid groups (broad SMARTS) is 1. The fraction of sp³-hybridized carbons (Fsp3) is 0.167. The van der Waals surface area contributed by atoms with Crippen molar-refractivity contribution >= 4 is 38.7 Å². The summed E-state index contributed by atoms with van der Waals surface area (Å²) in [5, 5.41) is 11.2. The van der Waals surface area contributed by atoms with E-state index in [1.54, 1.807) is 12.3 Å². The van der Waals surface area contributed by atoms with Crippen LogP contribution in [0, 0.1) is 6.92 Å². The average Bonchev–Trinajstić information content (AvgIpc) is 2.73. The molecule has 1 aromatic heterocycles. The molecular weight excluding hydrogens is 322 g/mol. The lowest BCUT2D eigenvalue weighted by molar-refractivity contribution is 0.0697. The molecule has 0 amide bonds. The van der Waals surface area contributed by atoms with Gasteiger partial charge in [0, 0.05) is 5.38 Å². The maximum absolute atomic E-state index is 12.2. The zero-order valence-electron chi connectivity index (χ0n) is 10.3. The van der Waals surface area contributed by atoms with Gasteiger partial charge in [0.2, 0.25) is 0 Å². The van der Waals surface area contributed by atoms with Crippen LogP contribution < -0.4 is 0 Å². The highest BCUT2D eigenvalue weighted by molar-refractivity contribution is 7.90. The van der Waals surface area contributed by atoms with Gasteiger partial charge in [0.25, 0.3) is 0 Å². The summed E-state index contributed by atoms with van der Waals surface area (Å²) in [5.41, 5.74) is 0.334. The molecule has 106 valence electrons. The molecule has 0 saturated heterocycles. The normalized spacial score (nSPS) is 11.5. The minimum Gasteiger partial charge on any atom is -0.478 e. The number of hydrogen-bond acceptors (Lipinski definition) is 5. The van der Waals surface area contributed by atoms with E-state index >= 15 is 0 Å². The predicted molar refractivity (Wildman–Crippen MR) is 76.2 cm³/mol. The van der Waals surface area contributed by atoms with Crippen molar-refractivity contribution in [2.75, 3.05) is 0 Å². The Morgan fingerprint density at radius 3 is 2.65 bits per heavy atom. The number of halogens is 1. The van der Waals surface area contributed by atoms with Gasteiger partial charge < -0.3 is 5.11 Å². The minimum absolute atomic E-state index is 0.0156. The summed E-state index contributed by atoms with van der Waals surface area (Å²) in [4.78, 5) is 14.9. The topological polar surface area (TPSA) is 84.3 Å². The van der Waals surface area contributed by atoms with E-state index in [1.165, 1.54) is 23.5 Å². The molecule has 1 heterocycles. The molecule has 0 fully saturated rings. The summed E-state index contributed by atoms with van der Waals surface area (Å²) < 4.78 is 24.4. The molecule has 0 radical (unpaired) electrons. The van der Waals surface area contributed by atoms with Crippen molar-refractivity contribution in [1.29, 1.82) is 0 Å². The molecule has 0 unspecified atom stereocenters. The number of aromatic nitrogens is 1. The van der Waals surface area contributed by atoms with Crippen LogP contribution in [0.15, 0.2) is 28.5 Å². The van der Waals surface area contributed by atoms with E-state index in [0.29, 0.717) is 5.69 Å². The Morgan fingerprint density at radius 2 is 2.15 bits per heavy atom. The van der Waals surface area contributed by atoms with E-state index in [-0.39, 0.29) is 21.2 Å². The number of carbonyl (C=O) groups is 1. The molecule has 8 heteroatoms. The molecule has 0 aliphatic rings. The first-order valence-corrected chi connectivity index (χ1v) is 8.37. The largest absolute Gasteiger partial charge is 0.478 e. The molecular formula is C12H10ClNO4S2. The molecule has 0 atom stereocenters. The summed E-state index contributed by atoms with van der Waals surface area (Å²) in [5.74, 6) is -1.44. The van der Waals surface area contributed by atoms with E-state index < -0.39 is 15.8 Å². The second-order valence-electron chi connectivity index (χ2n) is 4.06. The fourth-order valence-electron chi connectivity index (χ4n) is 1.62. The quantitative estimate of drug-likeness (QED) is 0.931. The molecule has 5 nitrogen and oxygen atoms in total. The predicted octanol–water partition coefficient (Wildman–Crippen LogP) is 2.78. The lowest BCUT2D eigenvalue weighted by Gasteiger charge is -2.05. The molecule has 1 aromatic carbocycles. The first kappa shape index (κ1) is 15.0. The van der Waals surface area contributed by atoms with Crippen LogP contribution in [0.5, 0.6) is 0 Å². The third-order valence-electron chi connectivity index (χ3n) is 2.53. The zero-order chi connectivity index (χ0) is 14.9.